The van der Waals surface area contributed by atoms with E-state index < -0.39 is 0 Å². The van der Waals surface area contributed by atoms with Crippen molar-refractivity contribution in [2.75, 3.05) is 5.32 Å². The number of hydrogen-bond acceptors (Lipinski definition) is 4. The lowest BCUT2D eigenvalue weighted by molar-refractivity contribution is -0.120. The van der Waals surface area contributed by atoms with Crippen LogP contribution in [0.4, 0.5) is 10.1 Å². The Morgan fingerprint density at radius 3 is 2.58 bits per heavy atom. The molecule has 1 fully saturated rings. The summed E-state index contributed by atoms with van der Waals surface area (Å²) in [6, 6.07) is 16.1. The molecule has 3 aromatic rings. The number of halogens is 1. The molecule has 4 rings (SSSR count). The predicted octanol–water partition coefficient (Wildman–Crippen LogP) is 5.46. The van der Waals surface area contributed by atoms with Gasteiger partial charge >= 0.3 is 0 Å². The van der Waals surface area contributed by atoms with Gasteiger partial charge in [0.05, 0.1) is 0 Å². The van der Waals surface area contributed by atoms with Crippen molar-refractivity contribution in [2.24, 2.45) is 5.92 Å². The van der Waals surface area contributed by atoms with Crippen LogP contribution in [0, 0.1) is 11.7 Å². The minimum absolute atomic E-state index is 0.0257. The number of amides is 2. The molecule has 1 aromatic heterocycles. The highest BCUT2D eigenvalue weighted by Crippen LogP contribution is 2.25. The van der Waals surface area contributed by atoms with Crippen LogP contribution in [-0.4, -0.2) is 16.8 Å². The average Bonchev–Trinajstić information content (AvgIpc) is 2.85. The van der Waals surface area contributed by atoms with Gasteiger partial charge in [-0.1, -0.05) is 25.3 Å². The van der Waals surface area contributed by atoms with Gasteiger partial charge in [0.1, 0.15) is 11.6 Å². The molecule has 0 radical (unpaired) electrons. The third-order valence-electron chi connectivity index (χ3n) is 5.66. The molecule has 0 saturated heterocycles. The predicted molar refractivity (Wildman–Crippen MR) is 124 cm³/mol. The second kappa shape index (κ2) is 10.7. The van der Waals surface area contributed by atoms with Gasteiger partial charge in [-0.15, -0.1) is 0 Å². The molecular weight excluding hydrogens is 421 g/mol. The molecule has 1 saturated carbocycles. The van der Waals surface area contributed by atoms with Crippen molar-refractivity contribution in [1.29, 1.82) is 0 Å². The summed E-state index contributed by atoms with van der Waals surface area (Å²) < 4.78 is 18.7. The smallest absolute Gasteiger partial charge is 0.251 e. The van der Waals surface area contributed by atoms with Crippen molar-refractivity contribution in [3.8, 4) is 11.6 Å². The number of rotatable bonds is 7. The SMILES string of the molecule is O=C(NCc1ccnc(Oc2ccc(F)cc2)c1)c1cccc(NC(=O)C2CCCCC2)c1. The molecule has 2 aromatic carbocycles. The number of carbonyl (C=O) groups is 2. The van der Waals surface area contributed by atoms with Crippen LogP contribution >= 0.6 is 0 Å². The highest BCUT2D eigenvalue weighted by atomic mass is 19.1. The molecule has 170 valence electrons. The normalized spacial score (nSPS) is 13.8. The maximum Gasteiger partial charge on any atom is 0.251 e. The number of pyridine rings is 1. The van der Waals surface area contributed by atoms with Crippen molar-refractivity contribution >= 4 is 17.5 Å². The lowest BCUT2D eigenvalue weighted by Crippen LogP contribution is -2.25. The Morgan fingerprint density at radius 1 is 1.00 bits per heavy atom. The van der Waals surface area contributed by atoms with Gasteiger partial charge in [0.15, 0.2) is 0 Å². The van der Waals surface area contributed by atoms with E-state index >= 15 is 0 Å². The Bertz CT molecular complexity index is 1110. The van der Waals surface area contributed by atoms with Crippen LogP contribution in [-0.2, 0) is 11.3 Å². The summed E-state index contributed by atoms with van der Waals surface area (Å²) in [7, 11) is 0. The van der Waals surface area contributed by atoms with Gasteiger partial charge in [-0.25, -0.2) is 9.37 Å². The maximum atomic E-state index is 13.0. The Kier molecular flexibility index (Phi) is 7.29. The van der Waals surface area contributed by atoms with Crippen LogP contribution in [0.2, 0.25) is 0 Å². The molecule has 1 heterocycles. The van der Waals surface area contributed by atoms with Crippen LogP contribution in [0.15, 0.2) is 66.9 Å². The number of nitrogens with one attached hydrogen (secondary N) is 2. The van der Waals surface area contributed by atoms with E-state index in [9.17, 15) is 14.0 Å². The van der Waals surface area contributed by atoms with Crippen LogP contribution in [0.1, 0.15) is 48.0 Å². The van der Waals surface area contributed by atoms with Crippen molar-refractivity contribution in [3.63, 3.8) is 0 Å². The molecule has 2 amide bonds. The summed E-state index contributed by atoms with van der Waals surface area (Å²) in [5.41, 5.74) is 1.89. The fourth-order valence-corrected chi connectivity index (χ4v) is 3.87. The molecule has 7 heteroatoms. The van der Waals surface area contributed by atoms with E-state index in [0.717, 1.165) is 31.2 Å². The van der Waals surface area contributed by atoms with E-state index in [-0.39, 0.29) is 30.1 Å². The highest BCUT2D eigenvalue weighted by Gasteiger charge is 2.21. The minimum Gasteiger partial charge on any atom is -0.439 e. The van der Waals surface area contributed by atoms with Gasteiger partial charge in [0.2, 0.25) is 11.8 Å². The first-order valence-corrected chi connectivity index (χ1v) is 11.1. The minimum atomic E-state index is -0.343. The number of aromatic nitrogens is 1. The van der Waals surface area contributed by atoms with Gasteiger partial charge in [-0.3, -0.25) is 9.59 Å². The van der Waals surface area contributed by atoms with E-state index in [1.54, 1.807) is 42.6 Å². The zero-order valence-electron chi connectivity index (χ0n) is 18.2. The van der Waals surface area contributed by atoms with Crippen molar-refractivity contribution in [1.82, 2.24) is 10.3 Å². The molecular formula is C26H26FN3O3. The average molecular weight is 448 g/mol. The highest BCUT2D eigenvalue weighted by molar-refractivity contribution is 5.97. The van der Waals surface area contributed by atoms with Crippen molar-refractivity contribution in [2.45, 2.75) is 38.6 Å². The molecule has 1 aliphatic carbocycles. The van der Waals surface area contributed by atoms with Crippen LogP contribution in [0.25, 0.3) is 0 Å². The molecule has 6 nitrogen and oxygen atoms in total. The van der Waals surface area contributed by atoms with Gasteiger partial charge in [0.25, 0.3) is 5.91 Å². The number of carbonyl (C=O) groups excluding carboxylic acids is 2. The summed E-state index contributed by atoms with van der Waals surface area (Å²) in [6.07, 6.45) is 6.80. The topological polar surface area (TPSA) is 80.3 Å². The van der Waals surface area contributed by atoms with E-state index in [1.165, 1.54) is 30.7 Å². The number of nitrogens with zero attached hydrogens (tertiary/aromatic N) is 1. The summed E-state index contributed by atoms with van der Waals surface area (Å²) in [5, 5.41) is 5.82. The standard InChI is InChI=1S/C26H26FN3O3/c27-21-9-11-23(12-10-21)33-24-15-18(13-14-28-24)17-29-25(31)20-7-4-8-22(16-20)30-26(32)19-5-2-1-3-6-19/h4,7-16,19H,1-3,5-6,17H2,(H,29,31)(H,30,32). The Balaban J connectivity index is 1.33. The number of benzene rings is 2. The molecule has 0 unspecified atom stereocenters. The first-order chi connectivity index (χ1) is 16.1. The van der Waals surface area contributed by atoms with E-state index in [4.69, 9.17) is 4.74 Å². The van der Waals surface area contributed by atoms with E-state index in [1.807, 2.05) is 0 Å². The van der Waals surface area contributed by atoms with Gasteiger partial charge < -0.3 is 15.4 Å². The third kappa shape index (κ3) is 6.38. The molecule has 1 aliphatic rings. The summed E-state index contributed by atoms with van der Waals surface area (Å²) in [5.74, 6) is 0.302. The third-order valence-corrected chi connectivity index (χ3v) is 5.66. The lowest BCUT2D eigenvalue weighted by atomic mass is 9.88. The van der Waals surface area contributed by atoms with Gasteiger partial charge in [-0.2, -0.15) is 0 Å². The van der Waals surface area contributed by atoms with E-state index in [0.29, 0.717) is 22.9 Å². The van der Waals surface area contributed by atoms with Crippen LogP contribution < -0.4 is 15.4 Å². The largest absolute Gasteiger partial charge is 0.439 e. The van der Waals surface area contributed by atoms with Gasteiger partial charge in [0, 0.05) is 36.0 Å². The molecule has 2 N–H and O–H groups in total. The second-order valence-electron chi connectivity index (χ2n) is 8.15. The quantitative estimate of drug-likeness (QED) is 0.504. The summed E-state index contributed by atoms with van der Waals surface area (Å²) >= 11 is 0. The Hall–Kier alpha value is -3.74. The lowest BCUT2D eigenvalue weighted by Gasteiger charge is -2.20. The molecule has 0 bridgehead atoms. The summed E-state index contributed by atoms with van der Waals surface area (Å²) in [6.45, 7) is 0.278. The monoisotopic (exact) mass is 447 g/mol. The Labute approximate surface area is 192 Å². The number of hydrogen-bond donors (Lipinski definition) is 2. The zero-order valence-corrected chi connectivity index (χ0v) is 18.2. The summed E-state index contributed by atoms with van der Waals surface area (Å²) in [4.78, 5) is 29.3. The van der Waals surface area contributed by atoms with Crippen LogP contribution in [0.3, 0.4) is 0 Å². The van der Waals surface area contributed by atoms with E-state index in [2.05, 4.69) is 15.6 Å². The maximum absolute atomic E-state index is 13.0. The molecule has 33 heavy (non-hydrogen) atoms. The molecule has 0 aliphatic heterocycles. The zero-order chi connectivity index (χ0) is 23.0. The fourth-order valence-electron chi connectivity index (χ4n) is 3.87. The van der Waals surface area contributed by atoms with Crippen molar-refractivity contribution < 1.29 is 18.7 Å². The first-order valence-electron chi connectivity index (χ1n) is 11.1. The van der Waals surface area contributed by atoms with Crippen molar-refractivity contribution in [3.05, 3.63) is 83.8 Å². The van der Waals surface area contributed by atoms with Gasteiger partial charge in [-0.05, 0) is 66.9 Å². The number of anilines is 1. The van der Waals surface area contributed by atoms with Crippen LogP contribution in [0.5, 0.6) is 11.6 Å². The first kappa shape index (κ1) is 22.5. The number of ether oxygens (including phenoxy) is 1. The second-order valence-corrected chi connectivity index (χ2v) is 8.15. The molecule has 0 atom stereocenters. The Morgan fingerprint density at radius 2 is 1.79 bits per heavy atom. The molecule has 0 spiro atoms. The fraction of sp³-hybridized carbons (Fsp3) is 0.269.